The Balaban J connectivity index is 2.96. The molecule has 0 aliphatic heterocycles. The minimum Gasteiger partial charge on any atom is -0.496 e. The van der Waals surface area contributed by atoms with Crippen LogP contribution in [0.3, 0.4) is 0 Å². The Kier molecular flexibility index (Phi) is 2.86. The van der Waals surface area contributed by atoms with Gasteiger partial charge in [0, 0.05) is 5.56 Å². The van der Waals surface area contributed by atoms with Gasteiger partial charge in [-0.1, -0.05) is 0 Å². The molecule has 1 aromatic carbocycles. The summed E-state index contributed by atoms with van der Waals surface area (Å²) in [5.41, 5.74) is 0.890. The Morgan fingerprint density at radius 3 is 2.33 bits per heavy atom. The van der Waals surface area contributed by atoms with E-state index in [9.17, 15) is 4.39 Å². The van der Waals surface area contributed by atoms with Gasteiger partial charge in [-0.3, -0.25) is 0 Å². The van der Waals surface area contributed by atoms with Gasteiger partial charge in [0.05, 0.1) is 7.11 Å². The van der Waals surface area contributed by atoms with Crippen molar-refractivity contribution in [1.82, 2.24) is 0 Å². The van der Waals surface area contributed by atoms with Gasteiger partial charge in [-0.15, -0.1) is 0 Å². The molecule has 1 nitrogen and oxygen atoms in total. The first-order valence-corrected chi connectivity index (χ1v) is 3.74. The van der Waals surface area contributed by atoms with Gasteiger partial charge in [-0.2, -0.15) is 0 Å². The van der Waals surface area contributed by atoms with Gasteiger partial charge < -0.3 is 4.74 Å². The van der Waals surface area contributed by atoms with Crippen molar-refractivity contribution in [3.63, 3.8) is 0 Å². The molecule has 0 aliphatic carbocycles. The zero-order valence-corrected chi connectivity index (χ0v) is 7.17. The number of hydrogen-bond donors (Lipinski definition) is 0. The summed E-state index contributed by atoms with van der Waals surface area (Å²) in [6.07, 6.45) is 1.84. The molecule has 1 aromatic rings. The SMILES string of the molecule is CC=C(OC)c1ccc(F)cc1. The first-order chi connectivity index (χ1) is 5.77. The molecule has 0 saturated heterocycles. The van der Waals surface area contributed by atoms with Gasteiger partial charge in [0.25, 0.3) is 0 Å². The Bertz CT molecular complexity index is 274. The molecule has 64 valence electrons. The minimum absolute atomic E-state index is 0.231. The Morgan fingerprint density at radius 2 is 1.92 bits per heavy atom. The average molecular weight is 166 g/mol. The molecule has 1 rings (SSSR count). The Labute approximate surface area is 71.5 Å². The molecule has 0 amide bonds. The summed E-state index contributed by atoms with van der Waals surface area (Å²) < 4.78 is 17.6. The molecule has 0 aromatic heterocycles. The van der Waals surface area contributed by atoms with Crippen molar-refractivity contribution in [3.05, 3.63) is 41.7 Å². The van der Waals surface area contributed by atoms with Gasteiger partial charge in [-0.05, 0) is 37.3 Å². The molecule has 0 bridgehead atoms. The van der Waals surface area contributed by atoms with E-state index in [4.69, 9.17) is 4.74 Å². The Morgan fingerprint density at radius 1 is 1.33 bits per heavy atom. The number of methoxy groups -OCH3 is 1. The fraction of sp³-hybridized carbons (Fsp3) is 0.200. The van der Waals surface area contributed by atoms with Gasteiger partial charge in [0.15, 0.2) is 0 Å². The number of rotatable bonds is 2. The first-order valence-electron chi connectivity index (χ1n) is 3.74. The number of ether oxygens (including phenoxy) is 1. The predicted molar refractivity (Wildman–Crippen MR) is 47.1 cm³/mol. The van der Waals surface area contributed by atoms with Crippen LogP contribution in [-0.4, -0.2) is 7.11 Å². The molecule has 0 fully saturated rings. The van der Waals surface area contributed by atoms with E-state index in [1.54, 1.807) is 19.2 Å². The van der Waals surface area contributed by atoms with E-state index in [0.29, 0.717) is 0 Å². The summed E-state index contributed by atoms with van der Waals surface area (Å²) in [5, 5.41) is 0. The number of benzene rings is 1. The first kappa shape index (κ1) is 8.78. The number of halogens is 1. The van der Waals surface area contributed by atoms with Crippen LogP contribution < -0.4 is 0 Å². The van der Waals surface area contributed by atoms with Crippen molar-refractivity contribution in [1.29, 1.82) is 0 Å². The quantitative estimate of drug-likeness (QED) is 0.614. The molecular weight excluding hydrogens is 155 g/mol. The monoisotopic (exact) mass is 166 g/mol. The summed E-state index contributed by atoms with van der Waals surface area (Å²) in [6.45, 7) is 1.88. The lowest BCUT2D eigenvalue weighted by Gasteiger charge is -2.04. The Hall–Kier alpha value is -1.31. The molecule has 0 aliphatic rings. The third kappa shape index (κ3) is 1.84. The normalized spacial score (nSPS) is 11.4. The van der Waals surface area contributed by atoms with E-state index in [1.165, 1.54) is 12.1 Å². The van der Waals surface area contributed by atoms with Crippen molar-refractivity contribution < 1.29 is 9.13 Å². The van der Waals surface area contributed by atoms with Crippen molar-refractivity contribution in [2.45, 2.75) is 6.92 Å². The molecule has 2 heteroatoms. The van der Waals surface area contributed by atoms with Gasteiger partial charge in [-0.25, -0.2) is 4.39 Å². The van der Waals surface area contributed by atoms with E-state index in [0.717, 1.165) is 11.3 Å². The van der Waals surface area contributed by atoms with Gasteiger partial charge in [0.2, 0.25) is 0 Å². The van der Waals surface area contributed by atoms with Crippen LogP contribution in [0.25, 0.3) is 5.76 Å². The number of allylic oxidation sites excluding steroid dienone is 1. The second-order valence-electron chi connectivity index (χ2n) is 2.36. The van der Waals surface area contributed by atoms with Crippen molar-refractivity contribution in [3.8, 4) is 0 Å². The van der Waals surface area contributed by atoms with Crippen LogP contribution in [0.2, 0.25) is 0 Å². The van der Waals surface area contributed by atoms with Crippen LogP contribution >= 0.6 is 0 Å². The molecule has 0 saturated carbocycles. The summed E-state index contributed by atoms with van der Waals surface area (Å²) in [6, 6.07) is 6.21. The van der Waals surface area contributed by atoms with E-state index >= 15 is 0 Å². The molecule has 12 heavy (non-hydrogen) atoms. The highest BCUT2D eigenvalue weighted by Crippen LogP contribution is 2.14. The summed E-state index contributed by atoms with van der Waals surface area (Å²) in [4.78, 5) is 0. The lowest BCUT2D eigenvalue weighted by molar-refractivity contribution is 0.369. The maximum atomic E-state index is 12.5. The topological polar surface area (TPSA) is 9.23 Å². The highest BCUT2D eigenvalue weighted by Gasteiger charge is 1.98. The van der Waals surface area contributed by atoms with E-state index in [1.807, 2.05) is 13.0 Å². The van der Waals surface area contributed by atoms with Crippen LogP contribution in [0.1, 0.15) is 12.5 Å². The van der Waals surface area contributed by atoms with Crippen LogP contribution in [0.5, 0.6) is 0 Å². The average Bonchev–Trinajstić information content (AvgIpc) is 2.10. The summed E-state index contributed by atoms with van der Waals surface area (Å²) in [7, 11) is 1.60. The van der Waals surface area contributed by atoms with Crippen LogP contribution in [-0.2, 0) is 4.74 Å². The summed E-state index contributed by atoms with van der Waals surface area (Å²) >= 11 is 0. The van der Waals surface area contributed by atoms with E-state index in [-0.39, 0.29) is 5.82 Å². The van der Waals surface area contributed by atoms with Crippen LogP contribution in [0, 0.1) is 5.82 Å². The molecule has 0 heterocycles. The maximum Gasteiger partial charge on any atom is 0.123 e. The smallest absolute Gasteiger partial charge is 0.123 e. The van der Waals surface area contributed by atoms with Crippen LogP contribution in [0.15, 0.2) is 30.3 Å². The highest BCUT2D eigenvalue weighted by atomic mass is 19.1. The van der Waals surface area contributed by atoms with E-state index in [2.05, 4.69) is 0 Å². The molecule has 0 radical (unpaired) electrons. The molecule has 0 spiro atoms. The van der Waals surface area contributed by atoms with Gasteiger partial charge >= 0.3 is 0 Å². The third-order valence-corrected chi connectivity index (χ3v) is 1.61. The minimum atomic E-state index is -0.231. The fourth-order valence-electron chi connectivity index (χ4n) is 1.02. The fourth-order valence-corrected chi connectivity index (χ4v) is 1.02. The molecular formula is C10H11FO. The second-order valence-corrected chi connectivity index (χ2v) is 2.36. The summed E-state index contributed by atoms with van der Waals surface area (Å²) in [5.74, 6) is 0.528. The molecule has 0 unspecified atom stereocenters. The van der Waals surface area contributed by atoms with Crippen molar-refractivity contribution in [2.24, 2.45) is 0 Å². The third-order valence-electron chi connectivity index (χ3n) is 1.61. The van der Waals surface area contributed by atoms with Crippen molar-refractivity contribution >= 4 is 5.76 Å². The molecule has 0 N–H and O–H groups in total. The zero-order chi connectivity index (χ0) is 8.97. The highest BCUT2D eigenvalue weighted by molar-refractivity contribution is 5.58. The largest absolute Gasteiger partial charge is 0.496 e. The lowest BCUT2D eigenvalue weighted by atomic mass is 10.2. The van der Waals surface area contributed by atoms with Crippen LogP contribution in [0.4, 0.5) is 4.39 Å². The maximum absolute atomic E-state index is 12.5. The zero-order valence-electron chi connectivity index (χ0n) is 7.17. The second kappa shape index (κ2) is 3.90. The predicted octanol–water partition coefficient (Wildman–Crippen LogP) is 2.83. The van der Waals surface area contributed by atoms with Gasteiger partial charge in [0.1, 0.15) is 11.6 Å². The van der Waals surface area contributed by atoms with E-state index < -0.39 is 0 Å². The lowest BCUT2D eigenvalue weighted by Crippen LogP contribution is -1.86. The van der Waals surface area contributed by atoms with Crippen molar-refractivity contribution in [2.75, 3.05) is 7.11 Å². The number of hydrogen-bond acceptors (Lipinski definition) is 1. The standard InChI is InChI=1S/C10H11FO/c1-3-10(12-2)8-4-6-9(11)7-5-8/h3-7H,1-2H3. The molecule has 0 atom stereocenters.